The number of carbonyl (C=O) groups excluding carboxylic acids is 1. The summed E-state index contributed by atoms with van der Waals surface area (Å²) < 4.78 is 1.78. The molecule has 2 aromatic carbocycles. The molecule has 104 valence electrons. The van der Waals surface area contributed by atoms with E-state index in [1.807, 2.05) is 42.5 Å². The Bertz CT molecular complexity index is 614. The summed E-state index contributed by atoms with van der Waals surface area (Å²) in [6, 6.07) is 13.1. The lowest BCUT2D eigenvalue weighted by atomic mass is 10.1. The van der Waals surface area contributed by atoms with Crippen molar-refractivity contribution in [2.45, 2.75) is 6.42 Å². The third-order valence-electron chi connectivity index (χ3n) is 2.79. The topological polar surface area (TPSA) is 49.3 Å². The number of hydrogen-bond donors (Lipinski definition) is 2. The molecule has 2 aromatic rings. The maximum absolute atomic E-state index is 12.2. The fraction of sp³-hybridized carbons (Fsp3) is 0.133. The molecule has 0 spiro atoms. The molecule has 0 bridgehead atoms. The standard InChI is InChI=1S/C15H13BrINO2/c16-14-6-3-11(17)9-13(14)15(20)18-12-4-1-10(2-5-12)7-8-19/h1-6,9,19H,7-8H2,(H,18,20). The van der Waals surface area contributed by atoms with Crippen molar-refractivity contribution < 1.29 is 9.90 Å². The molecule has 0 aromatic heterocycles. The SMILES string of the molecule is O=C(Nc1ccc(CCO)cc1)c1cc(I)ccc1Br. The fourth-order valence-electron chi connectivity index (χ4n) is 1.75. The number of anilines is 1. The Morgan fingerprint density at radius 2 is 1.90 bits per heavy atom. The van der Waals surface area contributed by atoms with Crippen LogP contribution in [0.5, 0.6) is 0 Å². The molecule has 0 aliphatic carbocycles. The van der Waals surface area contributed by atoms with Gasteiger partial charge in [0.2, 0.25) is 0 Å². The molecular formula is C15H13BrINO2. The summed E-state index contributed by atoms with van der Waals surface area (Å²) in [4.78, 5) is 12.2. The van der Waals surface area contributed by atoms with Gasteiger partial charge in [0.1, 0.15) is 0 Å². The highest BCUT2D eigenvalue weighted by molar-refractivity contribution is 14.1. The van der Waals surface area contributed by atoms with E-state index < -0.39 is 0 Å². The molecule has 20 heavy (non-hydrogen) atoms. The van der Waals surface area contributed by atoms with Gasteiger partial charge < -0.3 is 10.4 Å². The molecule has 0 heterocycles. The number of rotatable bonds is 4. The molecule has 3 nitrogen and oxygen atoms in total. The molecule has 0 atom stereocenters. The lowest BCUT2D eigenvalue weighted by Crippen LogP contribution is -2.12. The number of halogens is 2. The first-order valence-corrected chi connectivity index (χ1v) is 7.93. The van der Waals surface area contributed by atoms with Gasteiger partial charge in [-0.3, -0.25) is 4.79 Å². The van der Waals surface area contributed by atoms with Crippen LogP contribution in [0.2, 0.25) is 0 Å². The number of amides is 1. The third kappa shape index (κ3) is 4.04. The van der Waals surface area contributed by atoms with Crippen LogP contribution < -0.4 is 5.32 Å². The van der Waals surface area contributed by atoms with Crippen molar-refractivity contribution in [3.63, 3.8) is 0 Å². The van der Waals surface area contributed by atoms with Gasteiger partial charge in [0.25, 0.3) is 5.91 Å². The molecule has 0 fully saturated rings. The van der Waals surface area contributed by atoms with Crippen LogP contribution in [-0.4, -0.2) is 17.6 Å². The van der Waals surface area contributed by atoms with Crippen molar-refractivity contribution in [1.29, 1.82) is 0 Å². The highest BCUT2D eigenvalue weighted by Gasteiger charge is 2.10. The van der Waals surface area contributed by atoms with Gasteiger partial charge in [0.15, 0.2) is 0 Å². The highest BCUT2D eigenvalue weighted by Crippen LogP contribution is 2.21. The molecule has 0 saturated carbocycles. The molecule has 1 amide bonds. The summed E-state index contributed by atoms with van der Waals surface area (Å²) >= 11 is 5.56. The third-order valence-corrected chi connectivity index (χ3v) is 4.15. The van der Waals surface area contributed by atoms with E-state index in [9.17, 15) is 4.79 Å². The first-order chi connectivity index (χ1) is 9.60. The Balaban J connectivity index is 2.13. The Morgan fingerprint density at radius 3 is 2.55 bits per heavy atom. The lowest BCUT2D eigenvalue weighted by molar-refractivity contribution is 0.102. The summed E-state index contributed by atoms with van der Waals surface area (Å²) in [6.07, 6.45) is 0.622. The largest absolute Gasteiger partial charge is 0.396 e. The Kier molecular flexibility index (Phi) is 5.56. The number of aliphatic hydroxyl groups is 1. The zero-order chi connectivity index (χ0) is 14.5. The summed E-state index contributed by atoms with van der Waals surface area (Å²) in [5.74, 6) is -0.148. The van der Waals surface area contributed by atoms with Crippen LogP contribution in [0.15, 0.2) is 46.9 Å². The average molecular weight is 446 g/mol. The number of aliphatic hydroxyl groups excluding tert-OH is 1. The van der Waals surface area contributed by atoms with E-state index in [1.165, 1.54) is 0 Å². The van der Waals surface area contributed by atoms with Gasteiger partial charge in [-0.1, -0.05) is 12.1 Å². The van der Waals surface area contributed by atoms with E-state index in [0.717, 1.165) is 19.3 Å². The molecule has 0 aliphatic rings. The summed E-state index contributed by atoms with van der Waals surface area (Å²) in [5.41, 5.74) is 2.39. The van der Waals surface area contributed by atoms with Crippen LogP contribution >= 0.6 is 38.5 Å². The van der Waals surface area contributed by atoms with Crippen LogP contribution in [-0.2, 0) is 6.42 Å². The fourth-order valence-corrected chi connectivity index (χ4v) is 2.67. The van der Waals surface area contributed by atoms with Gasteiger partial charge in [-0.25, -0.2) is 0 Å². The predicted molar refractivity (Wildman–Crippen MR) is 92.0 cm³/mol. The van der Waals surface area contributed by atoms with Gasteiger partial charge in [-0.05, 0) is 80.8 Å². The van der Waals surface area contributed by atoms with E-state index in [1.54, 1.807) is 0 Å². The second kappa shape index (κ2) is 7.19. The van der Waals surface area contributed by atoms with E-state index in [-0.39, 0.29) is 12.5 Å². The lowest BCUT2D eigenvalue weighted by Gasteiger charge is -2.08. The number of hydrogen-bond acceptors (Lipinski definition) is 2. The van der Waals surface area contributed by atoms with Gasteiger partial charge in [0.05, 0.1) is 5.56 Å². The maximum Gasteiger partial charge on any atom is 0.256 e. The molecule has 0 saturated heterocycles. The summed E-state index contributed by atoms with van der Waals surface area (Å²) in [6.45, 7) is 0.126. The Labute approximate surface area is 139 Å². The van der Waals surface area contributed by atoms with Crippen molar-refractivity contribution in [1.82, 2.24) is 0 Å². The molecule has 2 rings (SSSR count). The normalized spacial score (nSPS) is 10.3. The van der Waals surface area contributed by atoms with Gasteiger partial charge in [-0.2, -0.15) is 0 Å². The zero-order valence-corrected chi connectivity index (χ0v) is 14.3. The minimum absolute atomic E-state index is 0.126. The quantitative estimate of drug-likeness (QED) is 0.702. The van der Waals surface area contributed by atoms with Crippen molar-refractivity contribution >= 4 is 50.1 Å². The second-order valence-corrected chi connectivity index (χ2v) is 6.35. The second-order valence-electron chi connectivity index (χ2n) is 4.25. The van der Waals surface area contributed by atoms with E-state index in [2.05, 4.69) is 43.8 Å². The van der Waals surface area contributed by atoms with Gasteiger partial charge >= 0.3 is 0 Å². The van der Waals surface area contributed by atoms with Crippen molar-refractivity contribution in [2.24, 2.45) is 0 Å². The predicted octanol–water partition coefficient (Wildman–Crippen LogP) is 3.84. The van der Waals surface area contributed by atoms with E-state index >= 15 is 0 Å². The maximum atomic E-state index is 12.2. The molecule has 0 aliphatic heterocycles. The van der Waals surface area contributed by atoms with Crippen LogP contribution in [0.3, 0.4) is 0 Å². The Hall–Kier alpha value is -0.920. The van der Waals surface area contributed by atoms with Gasteiger partial charge in [-0.15, -0.1) is 0 Å². The minimum atomic E-state index is -0.148. The highest BCUT2D eigenvalue weighted by atomic mass is 127. The monoisotopic (exact) mass is 445 g/mol. The van der Waals surface area contributed by atoms with Crippen LogP contribution in [0.4, 0.5) is 5.69 Å². The number of carbonyl (C=O) groups is 1. The molecule has 2 N–H and O–H groups in total. The van der Waals surface area contributed by atoms with Gasteiger partial charge in [0, 0.05) is 20.3 Å². The van der Waals surface area contributed by atoms with Crippen molar-refractivity contribution in [2.75, 3.05) is 11.9 Å². The Morgan fingerprint density at radius 1 is 1.20 bits per heavy atom. The first-order valence-electron chi connectivity index (χ1n) is 6.06. The summed E-state index contributed by atoms with van der Waals surface area (Å²) in [7, 11) is 0. The van der Waals surface area contributed by atoms with Crippen LogP contribution in [0.25, 0.3) is 0 Å². The zero-order valence-electron chi connectivity index (χ0n) is 10.6. The minimum Gasteiger partial charge on any atom is -0.396 e. The van der Waals surface area contributed by atoms with Crippen molar-refractivity contribution in [3.05, 3.63) is 61.6 Å². The number of nitrogens with one attached hydrogen (secondary N) is 1. The van der Waals surface area contributed by atoms with Crippen LogP contribution in [0.1, 0.15) is 15.9 Å². The molecular weight excluding hydrogens is 433 g/mol. The van der Waals surface area contributed by atoms with E-state index in [0.29, 0.717) is 12.0 Å². The van der Waals surface area contributed by atoms with E-state index in [4.69, 9.17) is 5.11 Å². The average Bonchev–Trinajstić information content (AvgIpc) is 2.44. The van der Waals surface area contributed by atoms with Crippen molar-refractivity contribution in [3.8, 4) is 0 Å². The summed E-state index contributed by atoms with van der Waals surface area (Å²) in [5, 5.41) is 11.7. The molecule has 0 unspecified atom stereocenters. The smallest absolute Gasteiger partial charge is 0.256 e. The number of benzene rings is 2. The van der Waals surface area contributed by atoms with Crippen LogP contribution in [0, 0.1) is 3.57 Å². The molecule has 0 radical (unpaired) electrons. The molecule has 5 heteroatoms. The first kappa shape index (κ1) is 15.5.